The van der Waals surface area contributed by atoms with Crippen LogP contribution >= 0.6 is 0 Å². The van der Waals surface area contributed by atoms with Crippen LogP contribution in [-0.4, -0.2) is 48.5 Å². The van der Waals surface area contributed by atoms with Crippen molar-refractivity contribution in [3.63, 3.8) is 0 Å². The van der Waals surface area contributed by atoms with Gasteiger partial charge in [-0.1, -0.05) is 30.3 Å². The Bertz CT molecular complexity index is 499. The molecule has 3 rings (SSSR count). The third kappa shape index (κ3) is 2.14. The van der Waals surface area contributed by atoms with Crippen molar-refractivity contribution in [2.75, 3.05) is 19.6 Å². The summed E-state index contributed by atoms with van der Waals surface area (Å²) in [5.41, 5.74) is -1.14. The first-order valence-electron chi connectivity index (χ1n) is 6.62. The first-order valence-corrected chi connectivity index (χ1v) is 6.62. The fourth-order valence-corrected chi connectivity index (χ4v) is 2.83. The Kier molecular flexibility index (Phi) is 3.33. The zero-order valence-corrected chi connectivity index (χ0v) is 10.9. The average molecular weight is 282 g/mol. The van der Waals surface area contributed by atoms with Crippen molar-refractivity contribution in [3.05, 3.63) is 35.9 Å². The van der Waals surface area contributed by atoms with Crippen LogP contribution in [0.4, 0.5) is 13.6 Å². The number of amides is 1. The van der Waals surface area contributed by atoms with Crippen molar-refractivity contribution in [2.45, 2.75) is 24.5 Å². The molecule has 2 aliphatic heterocycles. The van der Waals surface area contributed by atoms with Crippen molar-refractivity contribution >= 4 is 6.09 Å². The lowest BCUT2D eigenvalue weighted by molar-refractivity contribution is 0.0709. The summed E-state index contributed by atoms with van der Waals surface area (Å²) in [6.45, 7) is 0.0711. The van der Waals surface area contributed by atoms with E-state index in [0.717, 1.165) is 10.5 Å². The van der Waals surface area contributed by atoms with E-state index in [1.807, 2.05) is 30.3 Å². The van der Waals surface area contributed by atoms with E-state index in [4.69, 9.17) is 4.74 Å². The summed E-state index contributed by atoms with van der Waals surface area (Å²) in [5, 5.41) is 2.79. The maximum absolute atomic E-state index is 14.4. The zero-order valence-electron chi connectivity index (χ0n) is 10.9. The number of ether oxygens (including phenoxy) is 1. The highest BCUT2D eigenvalue weighted by molar-refractivity contribution is 5.69. The molecule has 1 unspecified atom stereocenters. The van der Waals surface area contributed by atoms with E-state index in [1.54, 1.807) is 0 Å². The summed E-state index contributed by atoms with van der Waals surface area (Å²) in [6, 6.07) is 8.41. The van der Waals surface area contributed by atoms with Gasteiger partial charge in [0.05, 0.1) is 12.6 Å². The Morgan fingerprint density at radius 1 is 1.45 bits per heavy atom. The van der Waals surface area contributed by atoms with E-state index in [1.165, 1.54) is 0 Å². The van der Waals surface area contributed by atoms with Crippen LogP contribution < -0.4 is 5.32 Å². The van der Waals surface area contributed by atoms with Crippen molar-refractivity contribution < 1.29 is 18.3 Å². The monoisotopic (exact) mass is 282 g/mol. The predicted octanol–water partition coefficient (Wildman–Crippen LogP) is 1.66. The summed E-state index contributed by atoms with van der Waals surface area (Å²) in [6.07, 6.45) is -2.32. The lowest BCUT2D eigenvalue weighted by atomic mass is 9.99. The Balaban J connectivity index is 1.63. The molecule has 0 bridgehead atoms. The molecule has 0 aromatic heterocycles. The van der Waals surface area contributed by atoms with Crippen molar-refractivity contribution in [3.8, 4) is 0 Å². The van der Waals surface area contributed by atoms with Gasteiger partial charge in [-0.25, -0.2) is 13.6 Å². The normalized spacial score (nSPS) is 32.2. The van der Waals surface area contributed by atoms with Crippen molar-refractivity contribution in [1.82, 2.24) is 10.2 Å². The number of carbonyl (C=O) groups excluding carboxylic acids is 1. The third-order valence-corrected chi connectivity index (χ3v) is 3.98. The molecule has 1 aromatic carbocycles. The number of nitrogens with one attached hydrogen (secondary N) is 1. The highest BCUT2D eigenvalue weighted by Crippen LogP contribution is 2.37. The zero-order chi connectivity index (χ0) is 14.2. The Hall–Kier alpha value is -1.69. The molecule has 0 saturated carbocycles. The van der Waals surface area contributed by atoms with E-state index < -0.39 is 24.0 Å². The van der Waals surface area contributed by atoms with E-state index in [2.05, 4.69) is 5.32 Å². The molecule has 6 heteroatoms. The standard InChI is InChI=1S/C14H16F2N2O2/c15-11-7-18(12-6-17-9-14(11,12)16)13(19)20-8-10-4-2-1-3-5-10/h1-5,11-12,17H,6-9H2/t11?,12-,14+/m0/s1. The predicted molar refractivity (Wildman–Crippen MR) is 68.7 cm³/mol. The molecule has 1 N–H and O–H groups in total. The number of carbonyl (C=O) groups is 1. The minimum Gasteiger partial charge on any atom is -0.445 e. The van der Waals surface area contributed by atoms with Crippen LogP contribution in [0.15, 0.2) is 30.3 Å². The van der Waals surface area contributed by atoms with Crippen molar-refractivity contribution in [2.24, 2.45) is 0 Å². The number of likely N-dealkylation sites (tertiary alicyclic amines) is 1. The first-order chi connectivity index (χ1) is 9.61. The number of alkyl halides is 2. The van der Waals surface area contributed by atoms with Gasteiger partial charge in [0.15, 0.2) is 11.8 Å². The number of halogens is 2. The summed E-state index contributed by atoms with van der Waals surface area (Å²) in [5.74, 6) is 0. The Morgan fingerprint density at radius 2 is 2.20 bits per heavy atom. The summed E-state index contributed by atoms with van der Waals surface area (Å²) in [7, 11) is 0. The quantitative estimate of drug-likeness (QED) is 0.897. The highest BCUT2D eigenvalue weighted by Gasteiger charge is 2.60. The lowest BCUT2D eigenvalue weighted by Crippen LogP contribution is -2.45. The van der Waals surface area contributed by atoms with E-state index in [-0.39, 0.29) is 26.2 Å². The van der Waals surface area contributed by atoms with Crippen LogP contribution in [0.25, 0.3) is 0 Å². The first kappa shape index (κ1) is 13.3. The molecule has 0 radical (unpaired) electrons. The van der Waals surface area contributed by atoms with Gasteiger partial charge < -0.3 is 10.1 Å². The van der Waals surface area contributed by atoms with Gasteiger partial charge in [0, 0.05) is 13.1 Å². The van der Waals surface area contributed by atoms with E-state index in [9.17, 15) is 13.6 Å². The van der Waals surface area contributed by atoms with Crippen molar-refractivity contribution in [1.29, 1.82) is 0 Å². The second-order valence-electron chi connectivity index (χ2n) is 5.23. The lowest BCUT2D eigenvalue weighted by Gasteiger charge is -2.24. The molecule has 2 fully saturated rings. The van der Waals surface area contributed by atoms with Crippen LogP contribution in [0, 0.1) is 0 Å². The van der Waals surface area contributed by atoms with Gasteiger partial charge in [0.1, 0.15) is 6.61 Å². The van der Waals surface area contributed by atoms with Gasteiger partial charge in [-0.2, -0.15) is 0 Å². The number of rotatable bonds is 2. The molecular weight excluding hydrogens is 266 g/mol. The molecule has 1 amide bonds. The SMILES string of the molecule is O=C(OCc1ccccc1)N1CC(F)[C@]2(F)CNC[C@H]12. The number of hydrogen-bond acceptors (Lipinski definition) is 3. The summed E-state index contributed by atoms with van der Waals surface area (Å²) in [4.78, 5) is 13.2. The van der Waals surface area contributed by atoms with Crippen LogP contribution in [0.1, 0.15) is 5.56 Å². The summed E-state index contributed by atoms with van der Waals surface area (Å²) < 4.78 is 33.3. The van der Waals surface area contributed by atoms with Gasteiger partial charge >= 0.3 is 6.09 Å². The minimum absolute atomic E-state index is 0.0543. The maximum Gasteiger partial charge on any atom is 0.410 e. The topological polar surface area (TPSA) is 41.6 Å². The molecule has 0 aliphatic carbocycles. The second kappa shape index (κ2) is 5.01. The number of benzene rings is 1. The minimum atomic E-state index is -1.98. The van der Waals surface area contributed by atoms with Gasteiger partial charge in [-0.05, 0) is 5.56 Å². The van der Waals surface area contributed by atoms with Crippen LogP contribution in [0.2, 0.25) is 0 Å². The van der Waals surface area contributed by atoms with Gasteiger partial charge in [0.2, 0.25) is 0 Å². The molecule has 3 atom stereocenters. The van der Waals surface area contributed by atoms with Gasteiger partial charge in [0.25, 0.3) is 0 Å². The summed E-state index contributed by atoms with van der Waals surface area (Å²) >= 11 is 0. The number of nitrogens with zero attached hydrogens (tertiary/aromatic N) is 1. The fraction of sp³-hybridized carbons (Fsp3) is 0.500. The van der Waals surface area contributed by atoms with E-state index in [0.29, 0.717) is 0 Å². The van der Waals surface area contributed by atoms with Crippen LogP contribution in [-0.2, 0) is 11.3 Å². The Labute approximate surface area is 115 Å². The number of fused-ring (bicyclic) bond motifs is 1. The van der Waals surface area contributed by atoms with Crippen LogP contribution in [0.3, 0.4) is 0 Å². The largest absolute Gasteiger partial charge is 0.445 e. The molecule has 0 spiro atoms. The average Bonchev–Trinajstić information content (AvgIpc) is 2.95. The molecular formula is C14H16F2N2O2. The van der Waals surface area contributed by atoms with Gasteiger partial charge in [-0.3, -0.25) is 4.90 Å². The van der Waals surface area contributed by atoms with Gasteiger partial charge in [-0.15, -0.1) is 0 Å². The molecule has 2 heterocycles. The fourth-order valence-electron chi connectivity index (χ4n) is 2.83. The number of hydrogen-bond donors (Lipinski definition) is 1. The Morgan fingerprint density at radius 3 is 2.95 bits per heavy atom. The highest BCUT2D eigenvalue weighted by atomic mass is 19.2. The molecule has 4 nitrogen and oxygen atoms in total. The molecule has 2 aliphatic rings. The molecule has 1 aromatic rings. The molecule has 2 saturated heterocycles. The van der Waals surface area contributed by atoms with Crippen LogP contribution in [0.5, 0.6) is 0 Å². The molecule has 108 valence electrons. The maximum atomic E-state index is 14.4. The third-order valence-electron chi connectivity index (χ3n) is 3.98. The smallest absolute Gasteiger partial charge is 0.410 e. The van der Waals surface area contributed by atoms with E-state index >= 15 is 0 Å². The molecule has 20 heavy (non-hydrogen) atoms. The second-order valence-corrected chi connectivity index (χ2v) is 5.23.